The number of hydrogen-bond donors (Lipinski definition) is 1. The van der Waals surface area contributed by atoms with Crippen LogP contribution in [-0.4, -0.2) is 33.3 Å². The number of aromatic nitrogens is 3. The third-order valence-corrected chi connectivity index (χ3v) is 7.64. The normalized spacial score (nSPS) is 16.8. The van der Waals surface area contributed by atoms with Crippen LogP contribution in [0.3, 0.4) is 0 Å². The number of benzene rings is 1. The zero-order valence-electron chi connectivity index (χ0n) is 19.7. The highest BCUT2D eigenvalue weighted by molar-refractivity contribution is 7.17. The van der Waals surface area contributed by atoms with E-state index in [0.29, 0.717) is 6.10 Å². The van der Waals surface area contributed by atoms with Crippen molar-refractivity contribution in [2.45, 2.75) is 58.1 Å². The molecule has 1 N–H and O–H groups in total. The van der Waals surface area contributed by atoms with Crippen LogP contribution in [0.1, 0.15) is 43.9 Å². The second-order valence-corrected chi connectivity index (χ2v) is 9.95. The fraction of sp³-hybridized carbons (Fsp3) is 0.444. The summed E-state index contributed by atoms with van der Waals surface area (Å²) in [5, 5.41) is 5.61. The van der Waals surface area contributed by atoms with E-state index in [0.717, 1.165) is 63.3 Å². The maximum absolute atomic E-state index is 6.22. The highest BCUT2D eigenvalue weighted by Crippen LogP contribution is 2.31. The van der Waals surface area contributed by atoms with Gasteiger partial charge in [-0.3, -0.25) is 0 Å². The molecule has 0 saturated carbocycles. The second kappa shape index (κ2) is 10.1. The van der Waals surface area contributed by atoms with Crippen LogP contribution < -0.4 is 10.1 Å². The summed E-state index contributed by atoms with van der Waals surface area (Å²) < 4.78 is 12.2. The van der Waals surface area contributed by atoms with Gasteiger partial charge in [-0.1, -0.05) is 19.1 Å². The summed E-state index contributed by atoms with van der Waals surface area (Å²) in [4.78, 5) is 4.82. The molecule has 3 aromatic heterocycles. The van der Waals surface area contributed by atoms with Crippen molar-refractivity contribution in [2.75, 3.05) is 13.1 Å². The molecule has 1 aromatic carbocycles. The number of ether oxygens (including phenoxy) is 1. The minimum Gasteiger partial charge on any atom is -0.490 e. The first-order chi connectivity index (χ1) is 16.2. The molecule has 0 bridgehead atoms. The Bertz CT molecular complexity index is 1180. The molecule has 4 heterocycles. The Hall–Kier alpha value is -2.57. The lowest BCUT2D eigenvalue weighted by Crippen LogP contribution is -2.19. The van der Waals surface area contributed by atoms with Gasteiger partial charge in [-0.15, -0.1) is 11.3 Å². The molecule has 0 spiro atoms. The Morgan fingerprint density at radius 1 is 1.15 bits per heavy atom. The van der Waals surface area contributed by atoms with Crippen molar-refractivity contribution in [2.24, 2.45) is 7.05 Å². The molecule has 1 aliphatic rings. The Kier molecular flexibility index (Phi) is 6.83. The maximum Gasteiger partial charge on any atom is 0.156 e. The summed E-state index contributed by atoms with van der Waals surface area (Å²) in [7, 11) is 2.14. The van der Waals surface area contributed by atoms with Crippen molar-refractivity contribution in [1.82, 2.24) is 19.4 Å². The van der Waals surface area contributed by atoms with E-state index in [-0.39, 0.29) is 0 Å². The van der Waals surface area contributed by atoms with E-state index in [1.54, 1.807) is 11.3 Å². The number of thiophene rings is 1. The average molecular weight is 463 g/mol. The van der Waals surface area contributed by atoms with E-state index in [4.69, 9.17) is 9.72 Å². The predicted octanol–water partition coefficient (Wildman–Crippen LogP) is 5.82. The van der Waals surface area contributed by atoms with E-state index >= 15 is 0 Å². The van der Waals surface area contributed by atoms with Crippen molar-refractivity contribution in [3.63, 3.8) is 0 Å². The van der Waals surface area contributed by atoms with Crippen molar-refractivity contribution in [3.8, 4) is 17.3 Å². The lowest BCUT2D eigenvalue weighted by molar-refractivity contribution is 0.187. The van der Waals surface area contributed by atoms with E-state index in [9.17, 15) is 0 Å². The van der Waals surface area contributed by atoms with Gasteiger partial charge < -0.3 is 19.2 Å². The van der Waals surface area contributed by atoms with Crippen LogP contribution in [0.4, 0.5) is 0 Å². The van der Waals surface area contributed by atoms with E-state index in [1.807, 2.05) is 6.20 Å². The molecule has 6 heteroatoms. The quantitative estimate of drug-likeness (QED) is 0.359. The number of imidazole rings is 1. The van der Waals surface area contributed by atoms with Crippen LogP contribution >= 0.6 is 11.3 Å². The van der Waals surface area contributed by atoms with Gasteiger partial charge in [0.15, 0.2) is 5.82 Å². The lowest BCUT2D eigenvalue weighted by atomic mass is 10.1. The van der Waals surface area contributed by atoms with Gasteiger partial charge in [0, 0.05) is 25.5 Å². The highest BCUT2D eigenvalue weighted by Gasteiger charge is 2.16. The first-order valence-electron chi connectivity index (χ1n) is 12.3. The third-order valence-electron chi connectivity index (χ3n) is 6.79. The molecule has 0 aliphatic carbocycles. The van der Waals surface area contributed by atoms with Crippen LogP contribution in [0.25, 0.3) is 21.7 Å². The summed E-state index contributed by atoms with van der Waals surface area (Å²) in [6.07, 6.45) is 8.94. The molecule has 1 unspecified atom stereocenters. The molecule has 1 saturated heterocycles. The number of aryl methyl sites for hydroxylation is 3. The van der Waals surface area contributed by atoms with Crippen LogP contribution in [-0.2, 0) is 26.4 Å². The Morgan fingerprint density at radius 3 is 2.85 bits per heavy atom. The predicted molar refractivity (Wildman–Crippen MR) is 137 cm³/mol. The first-order valence-corrected chi connectivity index (χ1v) is 13.1. The van der Waals surface area contributed by atoms with Crippen molar-refractivity contribution in [3.05, 3.63) is 59.2 Å². The summed E-state index contributed by atoms with van der Waals surface area (Å²) in [5.41, 5.74) is 5.15. The van der Waals surface area contributed by atoms with Gasteiger partial charge in [-0.05, 0) is 86.8 Å². The zero-order chi connectivity index (χ0) is 22.6. The Labute approximate surface area is 200 Å². The van der Waals surface area contributed by atoms with Gasteiger partial charge in [-0.2, -0.15) is 0 Å². The van der Waals surface area contributed by atoms with Gasteiger partial charge in [0.05, 0.1) is 22.0 Å². The number of nitrogens with one attached hydrogen (secondary N) is 1. The molecule has 33 heavy (non-hydrogen) atoms. The van der Waals surface area contributed by atoms with Gasteiger partial charge >= 0.3 is 0 Å². The van der Waals surface area contributed by atoms with E-state index in [1.165, 1.54) is 33.6 Å². The standard InChI is InChI=1S/C27H34N4OS/c1-3-21-19-29-27(25-18-26-24(30(25)2)13-17-33-26)31(21)16-5-6-20-8-10-23(11-9-20)32-22-7-4-14-28-15-12-22/h8-11,13,17-19,22,28H,3-7,12,14-16H2,1-2H3. The van der Waals surface area contributed by atoms with Crippen LogP contribution in [0, 0.1) is 0 Å². The zero-order valence-corrected chi connectivity index (χ0v) is 20.5. The monoisotopic (exact) mass is 462 g/mol. The molecule has 1 atom stereocenters. The molecule has 1 fully saturated rings. The number of rotatable bonds is 8. The molecule has 1 aliphatic heterocycles. The van der Waals surface area contributed by atoms with Crippen LogP contribution in [0.2, 0.25) is 0 Å². The maximum atomic E-state index is 6.22. The Balaban J connectivity index is 1.23. The number of hydrogen-bond acceptors (Lipinski definition) is 4. The summed E-state index contributed by atoms with van der Waals surface area (Å²) in [6.45, 7) is 5.36. The van der Waals surface area contributed by atoms with Crippen molar-refractivity contribution >= 4 is 21.6 Å². The average Bonchev–Trinajstić information content (AvgIpc) is 3.47. The third kappa shape index (κ3) is 4.87. The minimum absolute atomic E-state index is 0.339. The van der Waals surface area contributed by atoms with Crippen molar-refractivity contribution in [1.29, 1.82) is 0 Å². The minimum atomic E-state index is 0.339. The molecule has 5 nitrogen and oxygen atoms in total. The smallest absolute Gasteiger partial charge is 0.156 e. The summed E-state index contributed by atoms with van der Waals surface area (Å²) >= 11 is 1.79. The second-order valence-electron chi connectivity index (χ2n) is 9.01. The topological polar surface area (TPSA) is 44.0 Å². The molecule has 4 aromatic rings. The molecule has 5 rings (SSSR count). The van der Waals surface area contributed by atoms with Crippen molar-refractivity contribution < 1.29 is 4.74 Å². The van der Waals surface area contributed by atoms with Gasteiger partial charge in [0.2, 0.25) is 0 Å². The molecule has 0 radical (unpaired) electrons. The summed E-state index contributed by atoms with van der Waals surface area (Å²) in [6, 6.07) is 13.2. The van der Waals surface area contributed by atoms with E-state index in [2.05, 4.69) is 70.2 Å². The SMILES string of the molecule is CCc1cnc(-c2cc3sccc3n2C)n1CCCc1ccc(OC2CCCNCC2)cc1. The van der Waals surface area contributed by atoms with Crippen LogP contribution in [0.5, 0.6) is 5.75 Å². The van der Waals surface area contributed by atoms with Gasteiger partial charge in [0.25, 0.3) is 0 Å². The largest absolute Gasteiger partial charge is 0.490 e. The first kappa shape index (κ1) is 22.2. The number of fused-ring (bicyclic) bond motifs is 1. The molecular weight excluding hydrogens is 428 g/mol. The number of nitrogens with zero attached hydrogens (tertiary/aromatic N) is 3. The highest BCUT2D eigenvalue weighted by atomic mass is 32.1. The molecular formula is C27H34N4OS. The molecule has 174 valence electrons. The fourth-order valence-electron chi connectivity index (χ4n) is 4.89. The summed E-state index contributed by atoms with van der Waals surface area (Å²) in [5.74, 6) is 2.08. The van der Waals surface area contributed by atoms with Gasteiger partial charge in [0.1, 0.15) is 5.75 Å². The van der Waals surface area contributed by atoms with E-state index < -0.39 is 0 Å². The lowest BCUT2D eigenvalue weighted by Gasteiger charge is -2.17. The Morgan fingerprint density at radius 2 is 2.03 bits per heavy atom. The van der Waals surface area contributed by atoms with Gasteiger partial charge in [-0.25, -0.2) is 4.98 Å². The molecule has 0 amide bonds. The fourth-order valence-corrected chi connectivity index (χ4v) is 5.73. The van der Waals surface area contributed by atoms with Crippen LogP contribution in [0.15, 0.2) is 48.0 Å².